The van der Waals surface area contributed by atoms with Crippen LogP contribution in [0.5, 0.6) is 0 Å². The van der Waals surface area contributed by atoms with E-state index in [0.29, 0.717) is 0 Å². The van der Waals surface area contributed by atoms with E-state index in [1.54, 1.807) is 0 Å². The smallest absolute Gasteiger partial charge is 0.00953 e. The summed E-state index contributed by atoms with van der Waals surface area (Å²) in [5, 5.41) is 3.76. The Kier molecular flexibility index (Phi) is 10.5. The van der Waals surface area contributed by atoms with Crippen molar-refractivity contribution < 1.29 is 0 Å². The van der Waals surface area contributed by atoms with Crippen LogP contribution >= 0.6 is 0 Å². The molecule has 1 N–H and O–H groups in total. The summed E-state index contributed by atoms with van der Waals surface area (Å²) in [4.78, 5) is 0. The highest BCUT2D eigenvalue weighted by molar-refractivity contribution is 4.82. The molecule has 2 atom stereocenters. The van der Waals surface area contributed by atoms with Crippen molar-refractivity contribution in [1.82, 2.24) is 5.32 Å². The SMILES string of the molecule is CCCCCCCCCCC1CCCC1NCCC. The van der Waals surface area contributed by atoms with Gasteiger partial charge >= 0.3 is 0 Å². The molecule has 0 aromatic rings. The molecule has 1 rings (SSSR count). The predicted molar refractivity (Wildman–Crippen MR) is 86.6 cm³/mol. The molecule has 0 heterocycles. The molecular weight excluding hydrogens is 230 g/mol. The standard InChI is InChI=1S/C18H37N/c1-3-5-6-7-8-9-10-11-13-17-14-12-15-18(17)19-16-4-2/h17-19H,3-16H2,1-2H3. The highest BCUT2D eigenvalue weighted by Gasteiger charge is 2.25. The van der Waals surface area contributed by atoms with Crippen LogP contribution in [0.3, 0.4) is 0 Å². The molecule has 2 unspecified atom stereocenters. The molecule has 1 fully saturated rings. The van der Waals surface area contributed by atoms with Crippen molar-refractivity contribution in [2.75, 3.05) is 6.54 Å². The lowest BCUT2D eigenvalue weighted by molar-refractivity contribution is 0.365. The van der Waals surface area contributed by atoms with Gasteiger partial charge in [0.2, 0.25) is 0 Å². The van der Waals surface area contributed by atoms with Crippen LogP contribution in [0.2, 0.25) is 0 Å². The predicted octanol–water partition coefficient (Wildman–Crippen LogP) is 5.69. The van der Waals surface area contributed by atoms with Gasteiger partial charge in [-0.2, -0.15) is 0 Å². The molecule has 0 amide bonds. The fourth-order valence-corrected chi connectivity index (χ4v) is 3.52. The molecule has 0 aromatic carbocycles. The number of rotatable bonds is 12. The summed E-state index contributed by atoms with van der Waals surface area (Å²) in [6, 6.07) is 0.851. The maximum Gasteiger partial charge on any atom is 0.00953 e. The summed E-state index contributed by atoms with van der Waals surface area (Å²) in [6.07, 6.45) is 18.8. The van der Waals surface area contributed by atoms with Gasteiger partial charge in [0.05, 0.1) is 0 Å². The number of hydrogen-bond acceptors (Lipinski definition) is 1. The summed E-state index contributed by atoms with van der Waals surface area (Å²) in [5.74, 6) is 0.992. The van der Waals surface area contributed by atoms with Gasteiger partial charge in [-0.1, -0.05) is 71.6 Å². The molecule has 1 aliphatic rings. The van der Waals surface area contributed by atoms with Crippen molar-refractivity contribution in [2.45, 2.75) is 103 Å². The zero-order valence-corrected chi connectivity index (χ0v) is 13.6. The molecule has 0 bridgehead atoms. The zero-order valence-electron chi connectivity index (χ0n) is 13.6. The van der Waals surface area contributed by atoms with E-state index in [0.717, 1.165) is 12.0 Å². The quantitative estimate of drug-likeness (QED) is 0.448. The first kappa shape index (κ1) is 17.0. The third-order valence-electron chi connectivity index (χ3n) is 4.74. The van der Waals surface area contributed by atoms with Crippen molar-refractivity contribution in [3.8, 4) is 0 Å². The van der Waals surface area contributed by atoms with E-state index in [9.17, 15) is 0 Å². The summed E-state index contributed by atoms with van der Waals surface area (Å²) < 4.78 is 0. The van der Waals surface area contributed by atoms with Gasteiger partial charge in [0.15, 0.2) is 0 Å². The first-order valence-electron chi connectivity index (χ1n) is 9.11. The van der Waals surface area contributed by atoms with Crippen LogP contribution in [0.25, 0.3) is 0 Å². The topological polar surface area (TPSA) is 12.0 Å². The Balaban J connectivity index is 1.93. The van der Waals surface area contributed by atoms with Gasteiger partial charge < -0.3 is 5.32 Å². The zero-order chi connectivity index (χ0) is 13.8. The highest BCUT2D eigenvalue weighted by Crippen LogP contribution is 2.30. The maximum absolute atomic E-state index is 3.76. The Morgan fingerprint density at radius 2 is 1.47 bits per heavy atom. The minimum absolute atomic E-state index is 0.851. The molecule has 0 spiro atoms. The average Bonchev–Trinajstić information content (AvgIpc) is 2.87. The minimum atomic E-state index is 0.851. The Hall–Kier alpha value is -0.0400. The summed E-state index contributed by atoms with van der Waals surface area (Å²) in [7, 11) is 0. The molecule has 1 aliphatic carbocycles. The monoisotopic (exact) mass is 267 g/mol. The second kappa shape index (κ2) is 11.8. The van der Waals surface area contributed by atoms with Gasteiger partial charge in [0.25, 0.3) is 0 Å². The van der Waals surface area contributed by atoms with Crippen LogP contribution in [0, 0.1) is 5.92 Å². The normalized spacial score (nSPS) is 23.1. The van der Waals surface area contributed by atoms with Gasteiger partial charge in [-0.05, 0) is 38.1 Å². The summed E-state index contributed by atoms with van der Waals surface area (Å²) in [6.45, 7) is 5.79. The fourth-order valence-electron chi connectivity index (χ4n) is 3.52. The first-order chi connectivity index (χ1) is 9.38. The lowest BCUT2D eigenvalue weighted by Crippen LogP contribution is -2.32. The molecule has 0 aliphatic heterocycles. The van der Waals surface area contributed by atoms with Crippen molar-refractivity contribution >= 4 is 0 Å². The maximum atomic E-state index is 3.76. The van der Waals surface area contributed by atoms with E-state index in [1.807, 2.05) is 0 Å². The van der Waals surface area contributed by atoms with E-state index in [1.165, 1.54) is 90.0 Å². The molecule has 0 radical (unpaired) electrons. The molecular formula is C18H37N. The van der Waals surface area contributed by atoms with Crippen LogP contribution in [-0.4, -0.2) is 12.6 Å². The minimum Gasteiger partial charge on any atom is -0.314 e. The molecule has 1 saturated carbocycles. The lowest BCUT2D eigenvalue weighted by Gasteiger charge is -2.20. The third-order valence-corrected chi connectivity index (χ3v) is 4.74. The van der Waals surface area contributed by atoms with Crippen molar-refractivity contribution in [2.24, 2.45) is 5.92 Å². The van der Waals surface area contributed by atoms with Crippen LogP contribution < -0.4 is 5.32 Å². The molecule has 0 aromatic heterocycles. The van der Waals surface area contributed by atoms with Gasteiger partial charge in [-0.3, -0.25) is 0 Å². The van der Waals surface area contributed by atoms with E-state index >= 15 is 0 Å². The fraction of sp³-hybridized carbons (Fsp3) is 1.00. The third kappa shape index (κ3) is 7.97. The molecule has 0 saturated heterocycles. The van der Waals surface area contributed by atoms with Gasteiger partial charge in [0.1, 0.15) is 0 Å². The highest BCUT2D eigenvalue weighted by atomic mass is 14.9. The van der Waals surface area contributed by atoms with Crippen LogP contribution in [0.15, 0.2) is 0 Å². The Bertz CT molecular complexity index is 190. The van der Waals surface area contributed by atoms with Crippen LogP contribution in [-0.2, 0) is 0 Å². The van der Waals surface area contributed by atoms with E-state index in [2.05, 4.69) is 19.2 Å². The van der Waals surface area contributed by atoms with E-state index in [-0.39, 0.29) is 0 Å². The van der Waals surface area contributed by atoms with Gasteiger partial charge in [-0.15, -0.1) is 0 Å². The van der Waals surface area contributed by atoms with Crippen LogP contribution in [0.1, 0.15) is 97.3 Å². The lowest BCUT2D eigenvalue weighted by atomic mass is 9.95. The summed E-state index contributed by atoms with van der Waals surface area (Å²) >= 11 is 0. The Morgan fingerprint density at radius 1 is 0.789 bits per heavy atom. The molecule has 114 valence electrons. The van der Waals surface area contributed by atoms with Crippen molar-refractivity contribution in [3.05, 3.63) is 0 Å². The first-order valence-corrected chi connectivity index (χ1v) is 9.11. The largest absolute Gasteiger partial charge is 0.314 e. The Morgan fingerprint density at radius 3 is 2.16 bits per heavy atom. The van der Waals surface area contributed by atoms with Crippen molar-refractivity contribution in [3.63, 3.8) is 0 Å². The van der Waals surface area contributed by atoms with Gasteiger partial charge in [-0.25, -0.2) is 0 Å². The Labute approximate surface area is 121 Å². The second-order valence-corrected chi connectivity index (χ2v) is 6.52. The number of hydrogen-bond donors (Lipinski definition) is 1. The van der Waals surface area contributed by atoms with Crippen molar-refractivity contribution in [1.29, 1.82) is 0 Å². The molecule has 19 heavy (non-hydrogen) atoms. The molecule has 1 nitrogen and oxygen atoms in total. The summed E-state index contributed by atoms with van der Waals surface area (Å²) in [5.41, 5.74) is 0. The van der Waals surface area contributed by atoms with E-state index < -0.39 is 0 Å². The molecule has 1 heteroatoms. The second-order valence-electron chi connectivity index (χ2n) is 6.52. The number of unbranched alkanes of at least 4 members (excludes halogenated alkanes) is 7. The average molecular weight is 268 g/mol. The number of nitrogens with one attached hydrogen (secondary N) is 1. The van der Waals surface area contributed by atoms with Crippen LogP contribution in [0.4, 0.5) is 0 Å². The van der Waals surface area contributed by atoms with E-state index in [4.69, 9.17) is 0 Å². The van der Waals surface area contributed by atoms with Gasteiger partial charge in [0, 0.05) is 6.04 Å².